The third-order valence-corrected chi connectivity index (χ3v) is 5.54. The number of rotatable bonds is 3. The van der Waals surface area contributed by atoms with Crippen molar-refractivity contribution < 1.29 is 0 Å². The fourth-order valence-electron chi connectivity index (χ4n) is 4.20. The Balaban J connectivity index is 2.07. The highest BCUT2D eigenvalue weighted by atomic mass is 15.3. The Morgan fingerprint density at radius 1 is 1.05 bits per heavy atom. The van der Waals surface area contributed by atoms with Gasteiger partial charge in [-0.1, -0.05) is 60.3 Å². The summed E-state index contributed by atoms with van der Waals surface area (Å²) < 4.78 is 0. The van der Waals surface area contributed by atoms with Crippen LogP contribution in [0.2, 0.25) is 0 Å². The van der Waals surface area contributed by atoms with Crippen molar-refractivity contribution in [3.8, 4) is 0 Å². The molecular formula is C19H38N2. The van der Waals surface area contributed by atoms with E-state index in [1.54, 1.807) is 0 Å². The van der Waals surface area contributed by atoms with E-state index in [9.17, 15) is 0 Å². The quantitative estimate of drug-likeness (QED) is 0.774. The summed E-state index contributed by atoms with van der Waals surface area (Å²) in [5.74, 6) is 0.802. The van der Waals surface area contributed by atoms with Crippen LogP contribution in [-0.2, 0) is 0 Å². The largest absolute Gasteiger partial charge is 0.311 e. The standard InChI is InChI=1S/C19H38N2/c1-15(2)12-17-13-20-18(19(3,4)5)14-21(17)16-10-8-6-7-9-11-16/h15-18,20H,6-14H2,1-5H3. The molecule has 2 heteroatoms. The number of nitrogens with one attached hydrogen (secondary N) is 1. The van der Waals surface area contributed by atoms with E-state index in [2.05, 4.69) is 44.8 Å². The molecule has 0 aromatic heterocycles. The first-order chi connectivity index (χ1) is 9.88. The number of hydrogen-bond acceptors (Lipinski definition) is 2. The van der Waals surface area contributed by atoms with Crippen LogP contribution >= 0.6 is 0 Å². The third kappa shape index (κ3) is 4.96. The maximum atomic E-state index is 3.86. The highest BCUT2D eigenvalue weighted by Crippen LogP contribution is 2.30. The van der Waals surface area contributed by atoms with Crippen molar-refractivity contribution in [2.75, 3.05) is 13.1 Å². The van der Waals surface area contributed by atoms with E-state index in [0.29, 0.717) is 11.5 Å². The zero-order chi connectivity index (χ0) is 15.5. The number of hydrogen-bond donors (Lipinski definition) is 1. The fraction of sp³-hybridized carbons (Fsp3) is 1.00. The summed E-state index contributed by atoms with van der Waals surface area (Å²) >= 11 is 0. The molecule has 0 aromatic rings. The van der Waals surface area contributed by atoms with Crippen molar-refractivity contribution >= 4 is 0 Å². The summed E-state index contributed by atoms with van der Waals surface area (Å²) in [6, 6.07) is 2.25. The van der Waals surface area contributed by atoms with Crippen molar-refractivity contribution in [3.63, 3.8) is 0 Å². The molecule has 2 aliphatic rings. The lowest BCUT2D eigenvalue weighted by Crippen LogP contribution is -2.62. The molecule has 0 radical (unpaired) electrons. The minimum Gasteiger partial charge on any atom is -0.311 e. The zero-order valence-electron chi connectivity index (χ0n) is 15.1. The molecule has 2 unspecified atom stereocenters. The Bertz CT molecular complexity index is 295. The van der Waals surface area contributed by atoms with E-state index in [-0.39, 0.29) is 0 Å². The van der Waals surface area contributed by atoms with Gasteiger partial charge in [0.25, 0.3) is 0 Å². The van der Waals surface area contributed by atoms with Gasteiger partial charge in [0.1, 0.15) is 0 Å². The van der Waals surface area contributed by atoms with Crippen LogP contribution in [0.5, 0.6) is 0 Å². The Labute approximate surface area is 133 Å². The van der Waals surface area contributed by atoms with Crippen molar-refractivity contribution in [3.05, 3.63) is 0 Å². The van der Waals surface area contributed by atoms with Crippen LogP contribution in [0.1, 0.15) is 79.6 Å². The van der Waals surface area contributed by atoms with E-state index in [1.807, 2.05) is 0 Å². The topological polar surface area (TPSA) is 15.3 Å². The van der Waals surface area contributed by atoms with E-state index < -0.39 is 0 Å². The fourth-order valence-corrected chi connectivity index (χ4v) is 4.20. The molecule has 2 atom stereocenters. The number of nitrogens with zero attached hydrogens (tertiary/aromatic N) is 1. The van der Waals surface area contributed by atoms with E-state index >= 15 is 0 Å². The Hall–Kier alpha value is -0.0800. The molecule has 1 saturated heterocycles. The second-order valence-electron chi connectivity index (χ2n) is 8.95. The molecule has 21 heavy (non-hydrogen) atoms. The van der Waals surface area contributed by atoms with Gasteiger partial charge in [0.2, 0.25) is 0 Å². The first-order valence-electron chi connectivity index (χ1n) is 9.37. The lowest BCUT2D eigenvalue weighted by atomic mass is 9.83. The van der Waals surface area contributed by atoms with Gasteiger partial charge in [0, 0.05) is 31.2 Å². The summed E-state index contributed by atoms with van der Waals surface area (Å²) in [5.41, 5.74) is 0.367. The molecule has 124 valence electrons. The van der Waals surface area contributed by atoms with Gasteiger partial charge in [-0.05, 0) is 30.6 Å². The molecule has 1 N–H and O–H groups in total. The second-order valence-corrected chi connectivity index (χ2v) is 8.95. The summed E-state index contributed by atoms with van der Waals surface area (Å²) in [6.07, 6.45) is 10.0. The molecule has 0 bridgehead atoms. The zero-order valence-corrected chi connectivity index (χ0v) is 15.1. The summed E-state index contributed by atoms with van der Waals surface area (Å²) in [5, 5.41) is 3.86. The molecule has 0 amide bonds. The van der Waals surface area contributed by atoms with Crippen molar-refractivity contribution in [1.82, 2.24) is 10.2 Å². The van der Waals surface area contributed by atoms with Crippen LogP contribution in [0.15, 0.2) is 0 Å². The maximum Gasteiger partial charge on any atom is 0.0244 e. The summed E-state index contributed by atoms with van der Waals surface area (Å²) in [7, 11) is 0. The number of piperazine rings is 1. The molecule has 0 spiro atoms. The Morgan fingerprint density at radius 2 is 1.67 bits per heavy atom. The second kappa shape index (κ2) is 7.46. The van der Waals surface area contributed by atoms with Gasteiger partial charge in [0.15, 0.2) is 0 Å². The van der Waals surface area contributed by atoms with Crippen LogP contribution < -0.4 is 5.32 Å². The normalized spacial score (nSPS) is 30.6. The van der Waals surface area contributed by atoms with E-state index in [0.717, 1.165) is 18.0 Å². The highest BCUT2D eigenvalue weighted by Gasteiger charge is 2.37. The van der Waals surface area contributed by atoms with Gasteiger partial charge in [-0.2, -0.15) is 0 Å². The van der Waals surface area contributed by atoms with Gasteiger partial charge in [-0.15, -0.1) is 0 Å². The van der Waals surface area contributed by atoms with E-state index in [4.69, 9.17) is 0 Å². The van der Waals surface area contributed by atoms with Crippen molar-refractivity contribution in [2.24, 2.45) is 11.3 Å². The van der Waals surface area contributed by atoms with Crippen LogP contribution in [0.25, 0.3) is 0 Å². The predicted molar refractivity (Wildman–Crippen MR) is 92.7 cm³/mol. The van der Waals surface area contributed by atoms with Crippen LogP contribution in [0.3, 0.4) is 0 Å². The van der Waals surface area contributed by atoms with Crippen molar-refractivity contribution in [1.29, 1.82) is 0 Å². The van der Waals surface area contributed by atoms with Gasteiger partial charge in [0.05, 0.1) is 0 Å². The predicted octanol–water partition coefficient (Wildman–Crippen LogP) is 4.44. The average Bonchev–Trinajstić information content (AvgIpc) is 2.66. The first-order valence-corrected chi connectivity index (χ1v) is 9.37. The molecule has 1 saturated carbocycles. The lowest BCUT2D eigenvalue weighted by molar-refractivity contribution is 0.0346. The smallest absolute Gasteiger partial charge is 0.0244 e. The summed E-state index contributed by atoms with van der Waals surface area (Å²) in [4.78, 5) is 2.91. The summed E-state index contributed by atoms with van der Waals surface area (Å²) in [6.45, 7) is 14.4. The monoisotopic (exact) mass is 294 g/mol. The molecule has 1 heterocycles. The lowest BCUT2D eigenvalue weighted by Gasteiger charge is -2.48. The van der Waals surface area contributed by atoms with Gasteiger partial charge < -0.3 is 5.32 Å². The van der Waals surface area contributed by atoms with Crippen molar-refractivity contribution in [2.45, 2.75) is 97.7 Å². The molecule has 1 aliphatic heterocycles. The van der Waals surface area contributed by atoms with Crippen LogP contribution in [0.4, 0.5) is 0 Å². The van der Waals surface area contributed by atoms with Crippen LogP contribution in [0, 0.1) is 11.3 Å². The molecule has 2 nitrogen and oxygen atoms in total. The van der Waals surface area contributed by atoms with Crippen LogP contribution in [-0.4, -0.2) is 36.1 Å². The first kappa shape index (κ1) is 17.3. The molecule has 2 rings (SSSR count). The highest BCUT2D eigenvalue weighted by molar-refractivity contribution is 4.95. The van der Waals surface area contributed by atoms with Gasteiger partial charge >= 0.3 is 0 Å². The Morgan fingerprint density at radius 3 is 2.19 bits per heavy atom. The average molecular weight is 295 g/mol. The molecule has 0 aromatic carbocycles. The SMILES string of the molecule is CC(C)CC1CNC(C(C)(C)C)CN1C1CCCCCC1. The maximum absolute atomic E-state index is 3.86. The molecule has 1 aliphatic carbocycles. The van der Waals surface area contributed by atoms with E-state index in [1.165, 1.54) is 58.0 Å². The molecule has 2 fully saturated rings. The molecular weight excluding hydrogens is 256 g/mol. The minimum atomic E-state index is 0.367. The third-order valence-electron chi connectivity index (χ3n) is 5.54. The Kier molecular flexibility index (Phi) is 6.14. The minimum absolute atomic E-state index is 0.367. The van der Waals surface area contributed by atoms with Gasteiger partial charge in [-0.25, -0.2) is 0 Å². The van der Waals surface area contributed by atoms with Gasteiger partial charge in [-0.3, -0.25) is 4.90 Å².